The van der Waals surface area contributed by atoms with E-state index in [0.29, 0.717) is 36.8 Å². The van der Waals surface area contributed by atoms with Gasteiger partial charge in [0.1, 0.15) is 0 Å². The normalized spacial score (nSPS) is 10.6. The predicted octanol–water partition coefficient (Wildman–Crippen LogP) is 9.28. The molecule has 1 heterocycles. The highest BCUT2D eigenvalue weighted by Crippen LogP contribution is 2.34. The summed E-state index contributed by atoms with van der Waals surface area (Å²) in [6, 6.07) is 15.5. The second-order valence-electron chi connectivity index (χ2n) is 10.6. The molecule has 0 spiro atoms. The molecule has 284 valence electrons. The topological polar surface area (TPSA) is 146 Å². The van der Waals surface area contributed by atoms with E-state index >= 15 is 0 Å². The zero-order valence-electron chi connectivity index (χ0n) is 29.3. The van der Waals surface area contributed by atoms with E-state index in [1.54, 1.807) is 12.1 Å². The molecule has 0 atom stereocenters. The van der Waals surface area contributed by atoms with E-state index in [0.717, 1.165) is 36.8 Å². The number of carbonyl (C=O) groups is 1. The summed E-state index contributed by atoms with van der Waals surface area (Å²) in [6.45, 7) is 10.8. The molecule has 1 amide bonds. The van der Waals surface area contributed by atoms with Gasteiger partial charge in [-0.15, -0.1) is 10.2 Å². The smallest absolute Gasteiger partial charge is 0.271 e. The minimum Gasteiger partial charge on any atom is -0.423 e. The Kier molecular flexibility index (Phi) is 17.8. The number of rotatable bonds is 12. The Morgan fingerprint density at radius 3 is 1.72 bits per heavy atom. The Labute approximate surface area is 331 Å². The summed E-state index contributed by atoms with van der Waals surface area (Å²) in [5.74, 6) is 0.347. The standard InChI is InChI=1S/C15H10F2IN3O.C14H12F2IN3O.C7H16O3/c1-8-6-9(18)2-5-12(8)20-14-10(15-21-19-7-22-15)3-4-11(16)13(14)17;1-7-6-8(17)2-5-11(7)19-13-9(14(21)20-18)3-4-10(15)12(13)16;1-4-8-7(9-5-2)10-6-3/h2-7,20H,1H3;2-6,19H,18H2,1H3,(H,20,21);7H,4-6H2,1-3H3. The van der Waals surface area contributed by atoms with Gasteiger partial charge >= 0.3 is 0 Å². The molecule has 17 heteroatoms. The molecule has 0 saturated carbocycles. The van der Waals surface area contributed by atoms with Crippen LogP contribution in [0.15, 0.2) is 71.5 Å². The summed E-state index contributed by atoms with van der Waals surface area (Å²) in [5, 5.41) is 13.0. The van der Waals surface area contributed by atoms with Crippen molar-refractivity contribution in [1.82, 2.24) is 15.6 Å². The number of hydrogen-bond donors (Lipinski definition) is 4. The van der Waals surface area contributed by atoms with Gasteiger partial charge in [-0.1, -0.05) is 0 Å². The number of nitrogen functional groups attached to an aromatic ring is 1. The number of nitrogens with one attached hydrogen (secondary N) is 3. The maximum atomic E-state index is 14.2. The van der Waals surface area contributed by atoms with Crippen LogP contribution in [0.1, 0.15) is 42.3 Å². The highest BCUT2D eigenvalue weighted by molar-refractivity contribution is 14.1. The number of benzene rings is 4. The number of amides is 1. The summed E-state index contributed by atoms with van der Waals surface area (Å²) in [6.07, 6.45) is 1.14. The fourth-order valence-electron chi connectivity index (χ4n) is 4.44. The quantitative estimate of drug-likeness (QED) is 0.0239. The third-order valence-corrected chi connectivity index (χ3v) is 8.30. The third kappa shape index (κ3) is 12.6. The minimum absolute atomic E-state index is 0.0337. The molecule has 0 aliphatic carbocycles. The van der Waals surface area contributed by atoms with Crippen molar-refractivity contribution in [2.24, 2.45) is 5.84 Å². The van der Waals surface area contributed by atoms with E-state index in [2.05, 4.69) is 66.0 Å². The van der Waals surface area contributed by atoms with Crippen LogP contribution in [-0.2, 0) is 14.2 Å². The van der Waals surface area contributed by atoms with Crippen molar-refractivity contribution >= 4 is 73.8 Å². The fourth-order valence-corrected chi connectivity index (χ4v) is 5.73. The van der Waals surface area contributed by atoms with Crippen LogP contribution >= 0.6 is 45.2 Å². The van der Waals surface area contributed by atoms with E-state index in [-0.39, 0.29) is 22.8 Å². The molecule has 11 nitrogen and oxygen atoms in total. The van der Waals surface area contributed by atoms with Crippen LogP contribution in [-0.4, -0.2) is 42.4 Å². The Bertz CT molecular complexity index is 1940. The Balaban J connectivity index is 0.000000230. The van der Waals surface area contributed by atoms with E-state index in [1.807, 2.05) is 64.3 Å². The van der Waals surface area contributed by atoms with Crippen LogP contribution in [0.25, 0.3) is 11.5 Å². The molecule has 5 N–H and O–H groups in total. The van der Waals surface area contributed by atoms with Gasteiger partial charge in [0.25, 0.3) is 12.4 Å². The van der Waals surface area contributed by atoms with E-state index < -0.39 is 35.7 Å². The molecule has 1 aromatic heterocycles. The van der Waals surface area contributed by atoms with Crippen LogP contribution in [0.4, 0.5) is 40.3 Å². The van der Waals surface area contributed by atoms with Gasteiger partial charge in [-0.05, 0) is 152 Å². The monoisotopic (exact) mass is 964 g/mol. The largest absolute Gasteiger partial charge is 0.423 e. The first-order chi connectivity index (χ1) is 25.3. The number of nitrogens with two attached hydrogens (primary N) is 1. The van der Waals surface area contributed by atoms with Crippen LogP contribution in [0.2, 0.25) is 0 Å². The van der Waals surface area contributed by atoms with Crippen LogP contribution < -0.4 is 21.9 Å². The second kappa shape index (κ2) is 21.7. The number of ether oxygens (including phenoxy) is 3. The van der Waals surface area contributed by atoms with Crippen molar-refractivity contribution in [3.05, 3.63) is 114 Å². The predicted molar refractivity (Wildman–Crippen MR) is 211 cm³/mol. The van der Waals surface area contributed by atoms with Crippen LogP contribution in [0.3, 0.4) is 0 Å². The second-order valence-corrected chi connectivity index (χ2v) is 13.1. The molecule has 0 fully saturated rings. The van der Waals surface area contributed by atoms with Gasteiger partial charge in [-0.25, -0.2) is 23.4 Å². The number of aromatic nitrogens is 2. The summed E-state index contributed by atoms with van der Waals surface area (Å²) >= 11 is 4.33. The average Bonchev–Trinajstić information content (AvgIpc) is 3.67. The number of nitrogens with zero attached hydrogens (tertiary/aromatic N) is 2. The highest BCUT2D eigenvalue weighted by atomic mass is 127. The maximum Gasteiger partial charge on any atom is 0.271 e. The van der Waals surface area contributed by atoms with Gasteiger partial charge in [0.05, 0.1) is 22.5 Å². The molecule has 0 bridgehead atoms. The minimum atomic E-state index is -1.13. The maximum absolute atomic E-state index is 14.2. The van der Waals surface area contributed by atoms with Crippen molar-refractivity contribution in [3.8, 4) is 11.5 Å². The zero-order valence-corrected chi connectivity index (χ0v) is 33.6. The molecule has 4 aromatic carbocycles. The molecule has 0 unspecified atom stereocenters. The molecule has 0 radical (unpaired) electrons. The number of anilines is 4. The van der Waals surface area contributed by atoms with Gasteiger partial charge in [-0.3, -0.25) is 10.2 Å². The van der Waals surface area contributed by atoms with Gasteiger partial charge in [0.15, 0.2) is 23.3 Å². The number of aryl methyl sites for hydroxylation is 2. The highest BCUT2D eigenvalue weighted by Gasteiger charge is 2.20. The summed E-state index contributed by atoms with van der Waals surface area (Å²) < 4.78 is 77.6. The van der Waals surface area contributed by atoms with Crippen molar-refractivity contribution in [2.45, 2.75) is 41.1 Å². The first-order valence-electron chi connectivity index (χ1n) is 16.0. The molecular weight excluding hydrogens is 926 g/mol. The van der Waals surface area contributed by atoms with Gasteiger partial charge in [-0.2, -0.15) is 0 Å². The lowest BCUT2D eigenvalue weighted by Gasteiger charge is -2.15. The third-order valence-electron chi connectivity index (χ3n) is 6.96. The number of hydrazine groups is 1. The molecule has 5 aromatic rings. The van der Waals surface area contributed by atoms with Crippen molar-refractivity contribution in [2.75, 3.05) is 30.5 Å². The van der Waals surface area contributed by atoms with E-state index in [4.69, 9.17) is 24.5 Å². The Hall–Kier alpha value is -3.89. The van der Waals surface area contributed by atoms with Gasteiger partial charge in [0.2, 0.25) is 12.3 Å². The summed E-state index contributed by atoms with van der Waals surface area (Å²) in [4.78, 5) is 11.7. The van der Waals surface area contributed by atoms with Gasteiger partial charge < -0.3 is 29.3 Å². The lowest BCUT2D eigenvalue weighted by Crippen LogP contribution is -2.30. The molecule has 0 aliphatic heterocycles. The molecule has 5 rings (SSSR count). The van der Waals surface area contributed by atoms with Crippen LogP contribution in [0, 0.1) is 44.3 Å². The first-order valence-corrected chi connectivity index (χ1v) is 18.1. The zero-order chi connectivity index (χ0) is 39.1. The molecular formula is C36H38F4I2N6O5. The number of hydrogen-bond acceptors (Lipinski definition) is 10. The van der Waals surface area contributed by atoms with Crippen molar-refractivity contribution in [3.63, 3.8) is 0 Å². The summed E-state index contributed by atoms with van der Waals surface area (Å²) in [7, 11) is 0. The SMILES string of the molecule is CCOC(OCC)OCC.Cc1cc(I)ccc1Nc1c(-c2nnco2)ccc(F)c1F.Cc1cc(I)ccc1Nc1c(C(=O)NN)ccc(F)c1F. The number of halogens is 6. The first kappa shape index (κ1) is 43.5. The molecule has 0 aliphatic rings. The fraction of sp³-hybridized carbons (Fsp3) is 0.250. The average molecular weight is 965 g/mol. The van der Waals surface area contributed by atoms with Crippen molar-refractivity contribution < 1.29 is 41.0 Å². The van der Waals surface area contributed by atoms with E-state index in [1.165, 1.54) is 12.1 Å². The summed E-state index contributed by atoms with van der Waals surface area (Å²) in [5.41, 5.74) is 4.85. The lowest BCUT2D eigenvalue weighted by molar-refractivity contribution is -0.282. The number of carbonyl (C=O) groups excluding carboxylic acids is 1. The Morgan fingerprint density at radius 1 is 0.774 bits per heavy atom. The van der Waals surface area contributed by atoms with Crippen LogP contribution in [0.5, 0.6) is 0 Å². The molecule has 0 saturated heterocycles. The van der Waals surface area contributed by atoms with E-state index in [9.17, 15) is 22.4 Å². The lowest BCUT2D eigenvalue weighted by atomic mass is 10.1. The Morgan fingerprint density at radius 2 is 1.26 bits per heavy atom. The van der Waals surface area contributed by atoms with Crippen molar-refractivity contribution in [1.29, 1.82) is 0 Å². The van der Waals surface area contributed by atoms with Gasteiger partial charge in [0, 0.05) is 38.3 Å². The molecule has 53 heavy (non-hydrogen) atoms.